The van der Waals surface area contributed by atoms with Crippen LogP contribution in [0, 0.1) is 0 Å². The Bertz CT molecular complexity index is 1040. The average Bonchev–Trinajstić information content (AvgIpc) is 2.80. The monoisotopic (exact) mass is 456 g/mol. The standard InChI is InChI=1S/C26H27F3N2O2/c1-19-16-31(23-8-10-24(32)11-9-23)15-14-30(19)17-20-4-12-25(13-5-20)33-18-21-2-6-22(7-3-21)26(27,28)29/h2-13,19,32H,14-18H2,1H3/t19-/m0/s1. The van der Waals surface area contributed by atoms with E-state index in [4.69, 9.17) is 4.74 Å². The Kier molecular flexibility index (Phi) is 6.79. The van der Waals surface area contributed by atoms with Gasteiger partial charge < -0.3 is 14.7 Å². The zero-order valence-corrected chi connectivity index (χ0v) is 18.4. The Morgan fingerprint density at radius 3 is 2.12 bits per heavy atom. The molecule has 1 N–H and O–H groups in total. The van der Waals surface area contributed by atoms with Crippen molar-refractivity contribution < 1.29 is 23.0 Å². The Morgan fingerprint density at radius 1 is 0.879 bits per heavy atom. The van der Waals surface area contributed by atoms with E-state index in [0.717, 1.165) is 44.0 Å². The maximum absolute atomic E-state index is 12.7. The maximum atomic E-state index is 12.7. The van der Waals surface area contributed by atoms with Gasteiger partial charge in [0.1, 0.15) is 18.1 Å². The predicted molar refractivity (Wildman–Crippen MR) is 122 cm³/mol. The summed E-state index contributed by atoms with van der Waals surface area (Å²) in [5.74, 6) is 0.959. The molecular weight excluding hydrogens is 429 g/mol. The number of benzene rings is 3. The second-order valence-corrected chi connectivity index (χ2v) is 8.41. The van der Waals surface area contributed by atoms with Gasteiger partial charge in [0.15, 0.2) is 0 Å². The second kappa shape index (κ2) is 9.75. The molecule has 0 radical (unpaired) electrons. The van der Waals surface area contributed by atoms with Crippen molar-refractivity contribution >= 4 is 5.69 Å². The van der Waals surface area contributed by atoms with Gasteiger partial charge in [0.25, 0.3) is 0 Å². The molecule has 0 aromatic heterocycles. The lowest BCUT2D eigenvalue weighted by Crippen LogP contribution is -2.51. The minimum atomic E-state index is -4.33. The minimum absolute atomic E-state index is 0.216. The fourth-order valence-electron chi connectivity index (χ4n) is 4.01. The summed E-state index contributed by atoms with van der Waals surface area (Å²) in [7, 11) is 0. The maximum Gasteiger partial charge on any atom is 0.416 e. The summed E-state index contributed by atoms with van der Waals surface area (Å²) in [6, 6.07) is 20.6. The molecule has 4 rings (SSSR count). The van der Waals surface area contributed by atoms with Gasteiger partial charge in [0.2, 0.25) is 0 Å². The molecule has 1 saturated heterocycles. The van der Waals surface area contributed by atoms with Gasteiger partial charge in [-0.05, 0) is 66.6 Å². The van der Waals surface area contributed by atoms with Crippen LogP contribution in [0.2, 0.25) is 0 Å². The highest BCUT2D eigenvalue weighted by molar-refractivity contribution is 5.49. The lowest BCUT2D eigenvalue weighted by Gasteiger charge is -2.41. The molecule has 3 aromatic carbocycles. The summed E-state index contributed by atoms with van der Waals surface area (Å²) in [5.41, 5.74) is 2.33. The molecule has 174 valence electrons. The molecule has 3 aromatic rings. The van der Waals surface area contributed by atoms with E-state index in [-0.39, 0.29) is 12.4 Å². The van der Waals surface area contributed by atoms with Crippen LogP contribution in [0.15, 0.2) is 72.8 Å². The molecule has 7 heteroatoms. The third-order valence-electron chi connectivity index (χ3n) is 5.98. The van der Waals surface area contributed by atoms with Crippen molar-refractivity contribution in [1.82, 2.24) is 4.90 Å². The first-order valence-corrected chi connectivity index (χ1v) is 10.9. The van der Waals surface area contributed by atoms with E-state index in [1.807, 2.05) is 36.4 Å². The molecule has 1 aliphatic rings. The lowest BCUT2D eigenvalue weighted by atomic mass is 10.1. The Balaban J connectivity index is 1.27. The van der Waals surface area contributed by atoms with Gasteiger partial charge in [-0.25, -0.2) is 0 Å². The van der Waals surface area contributed by atoms with Crippen LogP contribution in [0.25, 0.3) is 0 Å². The van der Waals surface area contributed by atoms with Crippen LogP contribution in [0.4, 0.5) is 18.9 Å². The molecular formula is C26H27F3N2O2. The van der Waals surface area contributed by atoms with Crippen molar-refractivity contribution in [2.24, 2.45) is 0 Å². The highest BCUT2D eigenvalue weighted by Crippen LogP contribution is 2.29. The van der Waals surface area contributed by atoms with Crippen molar-refractivity contribution in [2.45, 2.75) is 32.3 Å². The van der Waals surface area contributed by atoms with Gasteiger partial charge in [-0.3, -0.25) is 4.90 Å². The molecule has 1 heterocycles. The molecule has 4 nitrogen and oxygen atoms in total. The summed E-state index contributed by atoms with van der Waals surface area (Å²) in [4.78, 5) is 4.77. The lowest BCUT2D eigenvalue weighted by molar-refractivity contribution is -0.137. The van der Waals surface area contributed by atoms with Crippen LogP contribution in [0.3, 0.4) is 0 Å². The van der Waals surface area contributed by atoms with E-state index >= 15 is 0 Å². The molecule has 0 unspecified atom stereocenters. The van der Waals surface area contributed by atoms with E-state index in [9.17, 15) is 18.3 Å². The van der Waals surface area contributed by atoms with Crippen molar-refractivity contribution in [2.75, 3.05) is 24.5 Å². The first-order valence-electron chi connectivity index (χ1n) is 10.9. The van der Waals surface area contributed by atoms with Crippen LogP contribution in [0.5, 0.6) is 11.5 Å². The van der Waals surface area contributed by atoms with Crippen molar-refractivity contribution in [3.8, 4) is 11.5 Å². The Labute approximate surface area is 191 Å². The second-order valence-electron chi connectivity index (χ2n) is 8.41. The largest absolute Gasteiger partial charge is 0.508 e. The molecule has 33 heavy (non-hydrogen) atoms. The fourth-order valence-corrected chi connectivity index (χ4v) is 4.01. The van der Waals surface area contributed by atoms with E-state index in [0.29, 0.717) is 17.4 Å². The number of alkyl halides is 3. The summed E-state index contributed by atoms with van der Waals surface area (Å²) >= 11 is 0. The van der Waals surface area contributed by atoms with Crippen molar-refractivity contribution in [3.05, 3.63) is 89.5 Å². The van der Waals surface area contributed by atoms with Gasteiger partial charge >= 0.3 is 6.18 Å². The average molecular weight is 457 g/mol. The fraction of sp³-hybridized carbons (Fsp3) is 0.308. The van der Waals surface area contributed by atoms with E-state index in [2.05, 4.69) is 16.7 Å². The predicted octanol–water partition coefficient (Wildman–Crippen LogP) is 5.70. The molecule has 0 bridgehead atoms. The third kappa shape index (κ3) is 5.99. The Hall–Kier alpha value is -3.19. The SMILES string of the molecule is C[C@H]1CN(c2ccc(O)cc2)CCN1Cc1ccc(OCc2ccc(C(F)(F)F)cc2)cc1. The summed E-state index contributed by atoms with van der Waals surface area (Å²) in [6.07, 6.45) is -4.33. The number of phenolic OH excluding ortho intramolecular Hbond substituents is 1. The van der Waals surface area contributed by atoms with Crippen molar-refractivity contribution in [1.29, 1.82) is 0 Å². The van der Waals surface area contributed by atoms with Gasteiger partial charge in [-0.15, -0.1) is 0 Å². The number of anilines is 1. The summed E-state index contributed by atoms with van der Waals surface area (Å²) in [5, 5.41) is 9.49. The molecule has 1 atom stereocenters. The van der Waals surface area contributed by atoms with Gasteiger partial charge in [-0.1, -0.05) is 24.3 Å². The minimum Gasteiger partial charge on any atom is -0.508 e. The van der Waals surface area contributed by atoms with Gasteiger partial charge in [0.05, 0.1) is 5.56 Å². The Morgan fingerprint density at radius 2 is 1.52 bits per heavy atom. The zero-order chi connectivity index (χ0) is 23.4. The van der Waals surface area contributed by atoms with E-state index in [1.54, 1.807) is 12.1 Å². The number of ether oxygens (including phenoxy) is 1. The number of phenols is 1. The smallest absolute Gasteiger partial charge is 0.416 e. The number of piperazine rings is 1. The first-order chi connectivity index (χ1) is 15.8. The molecule has 0 spiro atoms. The highest BCUT2D eigenvalue weighted by Gasteiger charge is 2.30. The van der Waals surface area contributed by atoms with Crippen molar-refractivity contribution in [3.63, 3.8) is 0 Å². The van der Waals surface area contributed by atoms with E-state index < -0.39 is 11.7 Å². The van der Waals surface area contributed by atoms with E-state index in [1.165, 1.54) is 17.7 Å². The number of rotatable bonds is 6. The summed E-state index contributed by atoms with van der Waals surface area (Å²) < 4.78 is 43.7. The van der Waals surface area contributed by atoms with Crippen LogP contribution in [0.1, 0.15) is 23.6 Å². The molecule has 0 amide bonds. The van der Waals surface area contributed by atoms with Crippen LogP contribution < -0.4 is 9.64 Å². The normalized spacial score (nSPS) is 17.2. The number of nitrogens with zero attached hydrogens (tertiary/aromatic N) is 2. The molecule has 1 fully saturated rings. The molecule has 0 saturated carbocycles. The number of aromatic hydroxyl groups is 1. The number of hydrogen-bond donors (Lipinski definition) is 1. The highest BCUT2D eigenvalue weighted by atomic mass is 19.4. The van der Waals surface area contributed by atoms with Crippen LogP contribution in [-0.2, 0) is 19.3 Å². The summed E-state index contributed by atoms with van der Waals surface area (Å²) in [6.45, 7) is 6.04. The first kappa shape index (κ1) is 23.0. The third-order valence-corrected chi connectivity index (χ3v) is 5.98. The number of hydrogen-bond acceptors (Lipinski definition) is 4. The quantitative estimate of drug-likeness (QED) is 0.516. The topological polar surface area (TPSA) is 35.9 Å². The number of halogens is 3. The molecule has 1 aliphatic heterocycles. The van der Waals surface area contributed by atoms with Gasteiger partial charge in [-0.2, -0.15) is 13.2 Å². The molecule has 0 aliphatic carbocycles. The zero-order valence-electron chi connectivity index (χ0n) is 18.4. The van der Waals surface area contributed by atoms with Crippen LogP contribution >= 0.6 is 0 Å². The van der Waals surface area contributed by atoms with Gasteiger partial charge in [0, 0.05) is 37.9 Å². The van der Waals surface area contributed by atoms with Crippen LogP contribution in [-0.4, -0.2) is 35.7 Å².